The molecule has 2 N–H and O–H groups in total. The lowest BCUT2D eigenvalue weighted by Gasteiger charge is -2.39. The number of anilines is 1. The second-order valence-corrected chi connectivity index (χ2v) is 6.88. The van der Waals surface area contributed by atoms with Gasteiger partial charge in [0.25, 0.3) is 0 Å². The molecule has 1 aromatic carbocycles. The maximum Gasteiger partial charge on any atom is 0.181 e. The molecule has 0 aliphatic carbocycles. The summed E-state index contributed by atoms with van der Waals surface area (Å²) in [7, 11) is 1.82. The number of piperidine rings is 1. The van der Waals surface area contributed by atoms with Gasteiger partial charge in [-0.05, 0) is 44.0 Å². The predicted octanol–water partition coefficient (Wildman–Crippen LogP) is 2.88. The third kappa shape index (κ3) is 2.80. The maximum atomic E-state index is 5.76. The van der Waals surface area contributed by atoms with Crippen molar-refractivity contribution in [3.05, 3.63) is 23.8 Å². The molecule has 1 aromatic heterocycles. The van der Waals surface area contributed by atoms with E-state index in [1.54, 1.807) is 11.3 Å². The average Bonchev–Trinajstić information content (AvgIpc) is 2.78. The Balaban J connectivity index is 1.75. The smallest absolute Gasteiger partial charge is 0.181 e. The van der Waals surface area contributed by atoms with Crippen LogP contribution in [0.4, 0.5) is 5.13 Å². The Kier molecular flexibility index (Phi) is 3.67. The zero-order valence-corrected chi connectivity index (χ0v) is 12.9. The fraction of sp³-hybridized carbons (Fsp3) is 0.533. The Hall–Kier alpha value is -1.17. The molecule has 2 aromatic rings. The SMILES string of the molecule is COC1(C)CCCN(Cc2ccc3nc(N)sc3c2)C1. The highest BCUT2D eigenvalue weighted by atomic mass is 32.1. The Bertz CT molecular complexity index is 612. The van der Waals surface area contributed by atoms with Crippen molar-refractivity contribution in [3.63, 3.8) is 0 Å². The molecule has 0 radical (unpaired) electrons. The van der Waals surface area contributed by atoms with Crippen molar-refractivity contribution in [2.24, 2.45) is 0 Å². The van der Waals surface area contributed by atoms with Gasteiger partial charge in [0.05, 0.1) is 15.8 Å². The van der Waals surface area contributed by atoms with E-state index >= 15 is 0 Å². The van der Waals surface area contributed by atoms with Crippen molar-refractivity contribution in [2.75, 3.05) is 25.9 Å². The lowest BCUT2D eigenvalue weighted by Crippen LogP contribution is -2.46. The van der Waals surface area contributed by atoms with Crippen molar-refractivity contribution < 1.29 is 4.74 Å². The third-order valence-corrected chi connectivity index (χ3v) is 4.95. The average molecular weight is 291 g/mol. The van der Waals surface area contributed by atoms with Gasteiger partial charge in [-0.25, -0.2) is 4.98 Å². The molecule has 4 nitrogen and oxygen atoms in total. The summed E-state index contributed by atoms with van der Waals surface area (Å²) in [5, 5.41) is 0.641. The Morgan fingerprint density at radius 1 is 1.50 bits per heavy atom. The first kappa shape index (κ1) is 13.8. The second-order valence-electron chi connectivity index (χ2n) is 5.82. The number of benzene rings is 1. The molecule has 0 saturated carbocycles. The van der Waals surface area contributed by atoms with Crippen LogP contribution in [0.1, 0.15) is 25.3 Å². The van der Waals surface area contributed by atoms with Gasteiger partial charge in [0.1, 0.15) is 0 Å². The van der Waals surface area contributed by atoms with E-state index in [-0.39, 0.29) is 5.60 Å². The molecule has 0 spiro atoms. The van der Waals surface area contributed by atoms with Gasteiger partial charge in [0.15, 0.2) is 5.13 Å². The molecular weight excluding hydrogens is 270 g/mol. The number of ether oxygens (including phenoxy) is 1. The second kappa shape index (κ2) is 5.31. The Morgan fingerprint density at radius 3 is 3.15 bits per heavy atom. The fourth-order valence-corrected chi connectivity index (χ4v) is 3.75. The zero-order chi connectivity index (χ0) is 14.2. The summed E-state index contributed by atoms with van der Waals surface area (Å²) in [4.78, 5) is 6.77. The van der Waals surface area contributed by atoms with Crippen molar-refractivity contribution >= 4 is 26.7 Å². The monoisotopic (exact) mass is 291 g/mol. The zero-order valence-electron chi connectivity index (χ0n) is 12.1. The Morgan fingerprint density at radius 2 is 2.35 bits per heavy atom. The van der Waals surface area contributed by atoms with E-state index in [0.717, 1.165) is 31.6 Å². The van der Waals surface area contributed by atoms with E-state index in [2.05, 4.69) is 35.0 Å². The number of thiazole rings is 1. The molecule has 1 fully saturated rings. The minimum absolute atomic E-state index is 0.00271. The quantitative estimate of drug-likeness (QED) is 0.944. The summed E-state index contributed by atoms with van der Waals surface area (Å²) in [5.41, 5.74) is 8.07. The summed E-state index contributed by atoms with van der Waals surface area (Å²) in [6.07, 6.45) is 2.34. The fourth-order valence-electron chi connectivity index (χ4n) is 2.95. The van der Waals surface area contributed by atoms with Crippen LogP contribution in [0.15, 0.2) is 18.2 Å². The van der Waals surface area contributed by atoms with Gasteiger partial charge in [-0.3, -0.25) is 4.90 Å². The van der Waals surface area contributed by atoms with Crippen LogP contribution in [0, 0.1) is 0 Å². The molecule has 3 rings (SSSR count). The third-order valence-electron chi connectivity index (χ3n) is 4.11. The normalized spacial score (nSPS) is 24.3. The first-order valence-electron chi connectivity index (χ1n) is 7.00. The number of aromatic nitrogens is 1. The predicted molar refractivity (Wildman–Crippen MR) is 84.0 cm³/mol. The summed E-state index contributed by atoms with van der Waals surface area (Å²) >= 11 is 1.56. The van der Waals surface area contributed by atoms with E-state index in [1.807, 2.05) is 7.11 Å². The van der Waals surface area contributed by atoms with E-state index in [1.165, 1.54) is 16.7 Å². The molecule has 2 heterocycles. The maximum absolute atomic E-state index is 5.76. The van der Waals surface area contributed by atoms with Crippen LogP contribution in [0.5, 0.6) is 0 Å². The van der Waals surface area contributed by atoms with E-state index in [9.17, 15) is 0 Å². The standard InChI is InChI=1S/C15H21N3OS/c1-15(19-2)6-3-7-18(10-15)9-11-4-5-12-13(8-11)20-14(16)17-12/h4-5,8H,3,6-7,9-10H2,1-2H3,(H2,16,17). The van der Waals surface area contributed by atoms with E-state index in [4.69, 9.17) is 10.5 Å². The summed E-state index contributed by atoms with van der Waals surface area (Å²) < 4.78 is 6.83. The largest absolute Gasteiger partial charge is 0.377 e. The summed E-state index contributed by atoms with van der Waals surface area (Å²) in [5.74, 6) is 0. The number of likely N-dealkylation sites (tertiary alicyclic amines) is 1. The molecule has 5 heteroatoms. The van der Waals surface area contributed by atoms with Crippen molar-refractivity contribution in [1.82, 2.24) is 9.88 Å². The number of hydrogen-bond acceptors (Lipinski definition) is 5. The number of nitrogens with two attached hydrogens (primary N) is 1. The van der Waals surface area contributed by atoms with Crippen LogP contribution in [-0.2, 0) is 11.3 Å². The van der Waals surface area contributed by atoms with Crippen molar-refractivity contribution in [1.29, 1.82) is 0 Å². The number of hydrogen-bond donors (Lipinski definition) is 1. The molecule has 0 amide bonds. The highest BCUT2D eigenvalue weighted by Crippen LogP contribution is 2.27. The van der Waals surface area contributed by atoms with Crippen LogP contribution >= 0.6 is 11.3 Å². The lowest BCUT2D eigenvalue weighted by molar-refractivity contribution is -0.0526. The summed E-state index contributed by atoms with van der Waals surface area (Å²) in [6, 6.07) is 6.43. The number of fused-ring (bicyclic) bond motifs is 1. The van der Waals surface area contributed by atoms with E-state index < -0.39 is 0 Å². The molecule has 1 aliphatic heterocycles. The number of nitrogen functional groups attached to an aromatic ring is 1. The highest BCUT2D eigenvalue weighted by molar-refractivity contribution is 7.22. The molecule has 20 heavy (non-hydrogen) atoms. The minimum atomic E-state index is -0.00271. The number of rotatable bonds is 3. The van der Waals surface area contributed by atoms with Crippen LogP contribution in [-0.4, -0.2) is 35.7 Å². The van der Waals surface area contributed by atoms with Gasteiger partial charge in [-0.2, -0.15) is 0 Å². The van der Waals surface area contributed by atoms with Gasteiger partial charge in [0.2, 0.25) is 0 Å². The van der Waals surface area contributed by atoms with Gasteiger partial charge in [-0.1, -0.05) is 17.4 Å². The number of nitrogens with zero attached hydrogens (tertiary/aromatic N) is 2. The van der Waals surface area contributed by atoms with Crippen molar-refractivity contribution in [3.8, 4) is 0 Å². The molecule has 1 saturated heterocycles. The molecular formula is C15H21N3OS. The lowest BCUT2D eigenvalue weighted by atomic mass is 9.94. The van der Waals surface area contributed by atoms with Crippen LogP contribution in [0.25, 0.3) is 10.2 Å². The van der Waals surface area contributed by atoms with Gasteiger partial charge >= 0.3 is 0 Å². The minimum Gasteiger partial charge on any atom is -0.377 e. The first-order chi connectivity index (χ1) is 9.58. The molecule has 1 aliphatic rings. The van der Waals surface area contributed by atoms with Crippen LogP contribution < -0.4 is 5.73 Å². The molecule has 1 atom stereocenters. The van der Waals surface area contributed by atoms with Crippen LogP contribution in [0.3, 0.4) is 0 Å². The molecule has 108 valence electrons. The molecule has 0 bridgehead atoms. The Labute approximate surface area is 123 Å². The highest BCUT2D eigenvalue weighted by Gasteiger charge is 2.30. The first-order valence-corrected chi connectivity index (χ1v) is 7.82. The van der Waals surface area contributed by atoms with E-state index in [0.29, 0.717) is 5.13 Å². The number of methoxy groups -OCH3 is 1. The van der Waals surface area contributed by atoms with Gasteiger partial charge in [0, 0.05) is 20.2 Å². The molecule has 1 unspecified atom stereocenters. The van der Waals surface area contributed by atoms with Crippen molar-refractivity contribution in [2.45, 2.75) is 31.9 Å². The van der Waals surface area contributed by atoms with Crippen LogP contribution in [0.2, 0.25) is 0 Å². The van der Waals surface area contributed by atoms with Gasteiger partial charge < -0.3 is 10.5 Å². The topological polar surface area (TPSA) is 51.4 Å². The van der Waals surface area contributed by atoms with Gasteiger partial charge in [-0.15, -0.1) is 0 Å². The summed E-state index contributed by atoms with van der Waals surface area (Å²) in [6.45, 7) is 5.30.